The largest absolute Gasteiger partial charge is 0.351 e. The molecule has 10 aromatic rings. The molecule has 1 fully saturated rings. The minimum absolute atomic E-state index is 0. The van der Waals surface area contributed by atoms with Gasteiger partial charge in [-0.1, -0.05) is 188 Å². The summed E-state index contributed by atoms with van der Waals surface area (Å²) in [6.07, 6.45) is 5.68. The molecule has 3 aromatic heterocycles. The van der Waals surface area contributed by atoms with E-state index in [-0.39, 0.29) is 31.6 Å². The molecule has 0 atom stereocenters. The molecule has 1 radical (unpaired) electrons. The van der Waals surface area contributed by atoms with Gasteiger partial charge in [-0.25, -0.2) is 0 Å². The monoisotopic (exact) mass is 1130 g/mol. The maximum Gasteiger partial charge on any atom is 0.0798 e. The molecule has 1 aliphatic rings. The van der Waals surface area contributed by atoms with Crippen molar-refractivity contribution in [1.29, 1.82) is 0 Å². The first-order chi connectivity index (χ1) is 35.9. The molecule has 0 bridgehead atoms. The van der Waals surface area contributed by atoms with E-state index in [1.54, 1.807) is 12.1 Å². The molecule has 0 unspecified atom stereocenters. The first-order valence-corrected chi connectivity index (χ1v) is 28.7. The van der Waals surface area contributed by atoms with Gasteiger partial charge in [-0.15, -0.1) is 59.2 Å². The molecule has 11 rings (SSSR count). The van der Waals surface area contributed by atoms with Crippen LogP contribution in [0.15, 0.2) is 164 Å². The molecule has 0 N–H and O–H groups in total. The summed E-state index contributed by atoms with van der Waals surface area (Å²) in [5, 5.41) is 3.46. The van der Waals surface area contributed by atoms with Crippen molar-refractivity contribution >= 4 is 46.1 Å². The van der Waals surface area contributed by atoms with E-state index in [9.17, 15) is 0 Å². The Labute approximate surface area is 443 Å². The third kappa shape index (κ3) is 10.3. The average Bonchev–Trinajstić information content (AvgIpc) is 4.00. The molecule has 3 heterocycles. The van der Waals surface area contributed by atoms with Crippen LogP contribution in [-0.2, 0) is 26.5 Å². The number of benzene rings is 7. The topological polar surface area (TPSA) is 35.6 Å². The second-order valence-corrected chi connectivity index (χ2v) is 25.6. The number of fused-ring (bicyclic) bond motifs is 4. The Hall–Kier alpha value is -6.17. The molecule has 361 valence electrons. The molecular formula is C65H66IrN4Si-2. The van der Waals surface area contributed by atoms with E-state index in [2.05, 4.69) is 207 Å². The van der Waals surface area contributed by atoms with Crippen LogP contribution in [0.3, 0.4) is 0 Å². The van der Waals surface area contributed by atoms with Gasteiger partial charge in [0.15, 0.2) is 0 Å². The number of aromatic nitrogens is 4. The smallest absolute Gasteiger partial charge is 0.0798 e. The van der Waals surface area contributed by atoms with Crippen LogP contribution in [0.1, 0.15) is 101 Å². The fourth-order valence-corrected chi connectivity index (χ4v) is 11.7. The Morgan fingerprint density at radius 2 is 1.32 bits per heavy atom. The maximum atomic E-state index is 9.03. The minimum atomic E-state index is -2.16. The number of aryl methyl sites for hydroxylation is 1. The van der Waals surface area contributed by atoms with Crippen molar-refractivity contribution in [3.8, 4) is 45.1 Å². The number of imidazole rings is 1. The Morgan fingerprint density at radius 1 is 0.648 bits per heavy atom. The van der Waals surface area contributed by atoms with E-state index in [0.717, 1.165) is 70.1 Å². The Kier molecular flexibility index (Phi) is 13.1. The van der Waals surface area contributed by atoms with Gasteiger partial charge in [-0.3, -0.25) is 4.98 Å². The van der Waals surface area contributed by atoms with Crippen molar-refractivity contribution in [3.63, 3.8) is 0 Å². The quantitative estimate of drug-likeness (QED) is 0.101. The fraction of sp³-hybridized carbons (Fsp3) is 0.262. The van der Waals surface area contributed by atoms with Gasteiger partial charge in [0.2, 0.25) is 0 Å². The van der Waals surface area contributed by atoms with E-state index < -0.39 is 21.3 Å². The first kappa shape index (κ1) is 43.6. The van der Waals surface area contributed by atoms with Crippen molar-refractivity contribution < 1.29 is 27.0 Å². The predicted octanol–water partition coefficient (Wildman–Crippen LogP) is 17.0. The van der Waals surface area contributed by atoms with Crippen molar-refractivity contribution in [1.82, 2.24) is 19.1 Å². The molecular weight excluding hydrogens is 1060 g/mol. The summed E-state index contributed by atoms with van der Waals surface area (Å²) in [7, 11) is -1.80. The Bertz CT molecular complexity index is 3620. The summed E-state index contributed by atoms with van der Waals surface area (Å²) >= 11 is 0. The van der Waals surface area contributed by atoms with Gasteiger partial charge in [-0.05, 0) is 105 Å². The van der Waals surface area contributed by atoms with E-state index in [1.165, 1.54) is 56.7 Å². The van der Waals surface area contributed by atoms with Gasteiger partial charge in [0.1, 0.15) is 0 Å². The number of rotatable bonds is 10. The van der Waals surface area contributed by atoms with E-state index in [1.807, 2.05) is 12.3 Å². The zero-order valence-electron chi connectivity index (χ0n) is 47.0. The fourth-order valence-electron chi connectivity index (χ4n) is 10.3. The molecule has 0 aliphatic heterocycles. The number of nitrogens with zero attached hydrogens (tertiary/aromatic N) is 4. The molecule has 7 aromatic carbocycles. The first-order valence-electron chi connectivity index (χ1n) is 27.7. The summed E-state index contributed by atoms with van der Waals surface area (Å²) in [5.41, 5.74) is 15.2. The van der Waals surface area contributed by atoms with Crippen molar-refractivity contribution in [2.75, 3.05) is 0 Å². The summed E-state index contributed by atoms with van der Waals surface area (Å²) in [6, 6.07) is 61.2. The summed E-state index contributed by atoms with van der Waals surface area (Å²) in [4.78, 5) is 9.92. The molecule has 0 amide bonds. The van der Waals surface area contributed by atoms with Crippen LogP contribution < -0.4 is 5.19 Å². The van der Waals surface area contributed by atoms with E-state index >= 15 is 0 Å². The predicted molar refractivity (Wildman–Crippen MR) is 300 cm³/mol. The van der Waals surface area contributed by atoms with Gasteiger partial charge in [0.25, 0.3) is 0 Å². The normalized spacial score (nSPS) is 14.6. The Balaban J connectivity index is 0.000000204. The third-order valence-electron chi connectivity index (χ3n) is 14.0. The number of hydrogen-bond acceptors (Lipinski definition) is 2. The second-order valence-electron chi connectivity index (χ2n) is 20.6. The molecule has 4 nitrogen and oxygen atoms in total. The van der Waals surface area contributed by atoms with E-state index in [4.69, 9.17) is 11.8 Å². The van der Waals surface area contributed by atoms with Gasteiger partial charge in [0.05, 0.1) is 24.9 Å². The summed E-state index contributed by atoms with van der Waals surface area (Å²) in [5.74, 6) is 1.66. The van der Waals surface area contributed by atoms with Crippen LogP contribution in [-0.4, -0.2) is 27.2 Å². The van der Waals surface area contributed by atoms with Gasteiger partial charge in [-0.2, -0.15) is 0 Å². The number of para-hydroxylation sites is 4. The SMILES string of the molecule is CC(C)c1cccc(C(C)C)c1-n1c(-c2[c-]cc3c(c2)c2cc(-c4ccccc4)ccc2n3-c2ccccc2)nc2ccccc21.[2H]C([2H])([2H])c1c[c-]c(-c2cc(C([2H])([2H])C3CCCCC3)c([Si](C)(C)C)cn2)cc1.[Ir]. The van der Waals surface area contributed by atoms with Crippen molar-refractivity contribution in [3.05, 3.63) is 198 Å². The average molecular weight is 1130 g/mol. The molecule has 6 heteroatoms. The van der Waals surface area contributed by atoms with Gasteiger partial charge >= 0.3 is 0 Å². The van der Waals surface area contributed by atoms with Gasteiger partial charge in [0, 0.05) is 50.0 Å². The van der Waals surface area contributed by atoms with Crippen LogP contribution in [0.25, 0.3) is 78.0 Å². The maximum absolute atomic E-state index is 9.03. The summed E-state index contributed by atoms with van der Waals surface area (Å²) < 4.78 is 45.4. The van der Waals surface area contributed by atoms with Crippen LogP contribution in [0, 0.1) is 24.9 Å². The number of hydrogen-bond donors (Lipinski definition) is 0. The summed E-state index contributed by atoms with van der Waals surface area (Å²) in [6.45, 7) is 13.6. The zero-order chi connectivity index (χ0) is 52.8. The molecule has 1 aliphatic carbocycles. The molecule has 1 saturated carbocycles. The zero-order valence-corrected chi connectivity index (χ0v) is 45.4. The standard InChI is InChI=1S/C43H36N3.C22H30NSi.Ir/c1-28(2)34-18-13-19-35(29(3)4)42(34)46-41-21-12-11-20-38(41)44-43(46)32-23-25-40-37(27-32)36-26-31(30-14-7-5-8-15-30)22-24-39(36)45(40)33-16-9-6-10-17-33;1-17-10-12-19(13-11-17)21-15-20(14-18-8-6-5-7-9-18)22(16-23-21)24(2,3)4;/h5-22,24-29H,1-4H3;10-12,15-16,18H,5-9,14H2,1-4H3;/q2*-1;/i;1D3,14D2;. The van der Waals surface area contributed by atoms with Gasteiger partial charge < -0.3 is 14.1 Å². The minimum Gasteiger partial charge on any atom is -0.351 e. The third-order valence-corrected chi connectivity index (χ3v) is 16.0. The molecule has 71 heavy (non-hydrogen) atoms. The van der Waals surface area contributed by atoms with Crippen LogP contribution in [0.4, 0.5) is 0 Å². The number of pyridine rings is 1. The van der Waals surface area contributed by atoms with E-state index in [0.29, 0.717) is 23.1 Å². The molecule has 0 spiro atoms. The van der Waals surface area contributed by atoms with Crippen LogP contribution in [0.5, 0.6) is 0 Å². The van der Waals surface area contributed by atoms with Crippen molar-refractivity contribution in [2.45, 2.75) is 105 Å². The van der Waals surface area contributed by atoms with Crippen LogP contribution >= 0.6 is 0 Å². The van der Waals surface area contributed by atoms with Crippen LogP contribution in [0.2, 0.25) is 19.6 Å². The van der Waals surface area contributed by atoms with Crippen molar-refractivity contribution in [2.24, 2.45) is 5.92 Å². The molecule has 0 saturated heterocycles. The Morgan fingerprint density at radius 3 is 2.00 bits per heavy atom. The second kappa shape index (κ2) is 21.3.